The molecule has 0 bridgehead atoms. The van der Waals surface area contributed by atoms with Gasteiger partial charge in [-0.15, -0.1) is 0 Å². The minimum atomic E-state index is -0.641. The predicted molar refractivity (Wildman–Crippen MR) is 238 cm³/mol. The number of rotatable bonds is 20. The second kappa shape index (κ2) is 27.2. The van der Waals surface area contributed by atoms with E-state index in [4.69, 9.17) is 67.8 Å². The van der Waals surface area contributed by atoms with Gasteiger partial charge in [0.25, 0.3) is 0 Å². The van der Waals surface area contributed by atoms with Gasteiger partial charge >= 0.3 is 0 Å². The van der Waals surface area contributed by atoms with Crippen molar-refractivity contribution in [3.05, 3.63) is 0 Å². The first kappa shape index (κ1) is 45.3. The number of hydrogen-bond acceptors (Lipinski definition) is 8. The van der Waals surface area contributed by atoms with E-state index in [-0.39, 0.29) is 0 Å². The van der Waals surface area contributed by atoms with Gasteiger partial charge in [-0.3, -0.25) is 0 Å². The summed E-state index contributed by atoms with van der Waals surface area (Å²) in [5.41, 5.74) is -0.641. The van der Waals surface area contributed by atoms with Crippen molar-refractivity contribution in [3.63, 3.8) is 0 Å². The first-order chi connectivity index (χ1) is 25.9. The summed E-state index contributed by atoms with van der Waals surface area (Å²) in [6, 6.07) is 0. The smallest absolute Gasteiger partial charge is 0.159 e. The van der Waals surface area contributed by atoms with Crippen molar-refractivity contribution in [2.24, 2.45) is 29.1 Å². The Labute approximate surface area is 347 Å². The molecule has 4 nitrogen and oxygen atoms in total. The maximum absolute atomic E-state index is 6.50. The average Bonchev–Trinajstić information content (AvgIpc) is 3.79. The van der Waals surface area contributed by atoms with Crippen molar-refractivity contribution in [1.82, 2.24) is 0 Å². The Hall–Kier alpha value is -0.440. The van der Waals surface area contributed by atoms with Crippen molar-refractivity contribution in [2.45, 2.75) is 205 Å². The first-order valence-electron chi connectivity index (χ1n) is 22.5. The van der Waals surface area contributed by atoms with Gasteiger partial charge in [0.05, 0.1) is 0 Å². The first-order valence-corrected chi connectivity index (χ1v) is 24.1. The Bertz CT molecular complexity index is 868. The topological polar surface area (TPSA) is 36.9 Å². The summed E-state index contributed by atoms with van der Waals surface area (Å²) >= 11 is 23.5. The van der Waals surface area contributed by atoms with Crippen LogP contribution in [0.15, 0.2) is 0 Å². The molecule has 0 heterocycles. The molecule has 0 spiro atoms. The maximum atomic E-state index is 6.50. The zero-order valence-electron chi connectivity index (χ0n) is 33.5. The van der Waals surface area contributed by atoms with E-state index in [2.05, 4.69) is 0 Å². The molecule has 4 fully saturated rings. The molecule has 0 N–H and O–H groups in total. The van der Waals surface area contributed by atoms with Crippen LogP contribution < -0.4 is 0 Å². The molecule has 304 valence electrons. The second-order valence-electron chi connectivity index (χ2n) is 17.7. The third-order valence-electron chi connectivity index (χ3n) is 13.1. The van der Waals surface area contributed by atoms with Crippen LogP contribution in [0.2, 0.25) is 0 Å². The summed E-state index contributed by atoms with van der Waals surface area (Å²) in [5, 5.41) is 2.73. The van der Waals surface area contributed by atoms with Gasteiger partial charge in [0, 0.05) is 25.7 Å². The highest BCUT2D eigenvalue weighted by Gasteiger charge is 2.37. The van der Waals surface area contributed by atoms with Gasteiger partial charge in [-0.2, -0.15) is 0 Å². The molecule has 4 saturated carbocycles. The Morgan fingerprint density at radius 2 is 0.509 bits per heavy atom. The van der Waals surface area contributed by atoms with Crippen LogP contribution >= 0.6 is 48.9 Å². The fourth-order valence-electron chi connectivity index (χ4n) is 9.37. The highest BCUT2D eigenvalue weighted by molar-refractivity contribution is 7.80. The molecule has 0 atom stereocenters. The van der Waals surface area contributed by atoms with Crippen LogP contribution in [0.25, 0.3) is 0 Å². The molecule has 0 aliphatic heterocycles. The molecular formula is C45H76O4S4. The summed E-state index contributed by atoms with van der Waals surface area (Å²) in [4.78, 5) is 0. The summed E-state index contributed by atoms with van der Waals surface area (Å²) in [5.74, 6) is 3.00. The lowest BCUT2D eigenvalue weighted by Gasteiger charge is -2.33. The largest absolute Gasteiger partial charge is 0.486 e. The minimum absolute atomic E-state index is 0.345. The van der Waals surface area contributed by atoms with Gasteiger partial charge in [0.15, 0.2) is 20.2 Å². The molecule has 0 aromatic carbocycles. The van der Waals surface area contributed by atoms with Crippen LogP contribution in [0.1, 0.15) is 205 Å². The Morgan fingerprint density at radius 3 is 0.698 bits per heavy atom. The zero-order chi connectivity index (χ0) is 37.4. The number of ether oxygens (including phenoxy) is 4. The van der Waals surface area contributed by atoms with Crippen LogP contribution in [0.4, 0.5) is 0 Å². The van der Waals surface area contributed by atoms with Gasteiger partial charge in [-0.25, -0.2) is 0 Å². The van der Waals surface area contributed by atoms with Crippen molar-refractivity contribution in [3.8, 4) is 0 Å². The van der Waals surface area contributed by atoms with Crippen molar-refractivity contribution < 1.29 is 18.9 Å². The summed E-state index contributed by atoms with van der Waals surface area (Å²) < 4.78 is 26.0. The predicted octanol–water partition coefficient (Wildman–Crippen LogP) is 14.4. The fraction of sp³-hybridized carbons (Fsp3) is 0.911. The average molecular weight is 809 g/mol. The Kier molecular flexibility index (Phi) is 23.3. The number of thiocarbonyl (C=S) groups is 4. The van der Waals surface area contributed by atoms with E-state index in [1.807, 2.05) is 0 Å². The molecule has 0 aromatic heterocycles. The maximum Gasteiger partial charge on any atom is 0.159 e. The highest BCUT2D eigenvalue weighted by Crippen LogP contribution is 2.31. The van der Waals surface area contributed by atoms with Gasteiger partial charge < -0.3 is 18.9 Å². The molecular weight excluding hydrogens is 733 g/mol. The van der Waals surface area contributed by atoms with Crippen molar-refractivity contribution in [1.29, 1.82) is 0 Å². The van der Waals surface area contributed by atoms with E-state index in [0.717, 1.165) is 75.0 Å². The van der Waals surface area contributed by atoms with Crippen molar-refractivity contribution >= 4 is 69.1 Å². The van der Waals surface area contributed by atoms with E-state index >= 15 is 0 Å². The molecule has 4 aliphatic rings. The van der Waals surface area contributed by atoms with Crippen LogP contribution in [-0.4, -0.2) is 46.6 Å². The Morgan fingerprint density at radius 1 is 0.321 bits per heavy atom. The lowest BCUT2D eigenvalue weighted by molar-refractivity contribution is -0.0165. The van der Waals surface area contributed by atoms with E-state index in [0.29, 0.717) is 46.6 Å². The second-order valence-corrected chi connectivity index (χ2v) is 19.5. The third-order valence-corrected chi connectivity index (χ3v) is 14.4. The number of hydrogen-bond donors (Lipinski definition) is 0. The molecule has 0 saturated heterocycles. The molecule has 4 aliphatic carbocycles. The van der Waals surface area contributed by atoms with E-state index in [9.17, 15) is 0 Å². The summed E-state index contributed by atoms with van der Waals surface area (Å²) in [6.45, 7) is 1.38. The van der Waals surface area contributed by atoms with Crippen LogP contribution in [0, 0.1) is 29.1 Å². The lowest BCUT2D eigenvalue weighted by atomic mass is 9.91. The van der Waals surface area contributed by atoms with Crippen molar-refractivity contribution in [2.75, 3.05) is 26.4 Å². The quantitative estimate of drug-likeness (QED) is 0.0889. The normalized spacial score (nSPS) is 20.7. The van der Waals surface area contributed by atoms with Crippen LogP contribution in [0.3, 0.4) is 0 Å². The molecule has 0 radical (unpaired) electrons. The molecule has 0 amide bonds. The SMILES string of the molecule is S=C(CCC1CCCCCC1)OCC(COC(=S)CCC1CCCCCC1)(COC(=S)CCC1CCCCCC1)COC(=S)CCC1CCCCCC1. The zero-order valence-corrected chi connectivity index (χ0v) is 36.8. The Balaban J connectivity index is 1.39. The lowest BCUT2D eigenvalue weighted by Crippen LogP contribution is -2.43. The molecule has 53 heavy (non-hydrogen) atoms. The fourth-order valence-corrected chi connectivity index (χ4v) is 10.1. The molecule has 0 aromatic rings. The van der Waals surface area contributed by atoms with E-state index in [1.165, 1.54) is 154 Å². The van der Waals surface area contributed by atoms with Gasteiger partial charge in [0.1, 0.15) is 31.8 Å². The molecule has 4 rings (SSSR count). The van der Waals surface area contributed by atoms with Gasteiger partial charge in [-0.05, 0) is 98.2 Å². The summed E-state index contributed by atoms with van der Waals surface area (Å²) in [6.07, 6.45) is 39.9. The molecule has 0 unspecified atom stereocenters. The van der Waals surface area contributed by atoms with E-state index < -0.39 is 5.41 Å². The minimum Gasteiger partial charge on any atom is -0.486 e. The standard InChI is InChI=1S/C45H76O4S4/c50-41(29-25-37-17-9-1-2-10-18-37)46-33-45(34-47-42(51)30-26-38-19-11-3-4-12-20-38,35-48-43(52)31-27-39-21-13-5-6-14-22-39)36-49-44(53)32-28-40-23-15-7-8-16-24-40/h37-40H,1-36H2. The monoisotopic (exact) mass is 808 g/mol. The third kappa shape index (κ3) is 20.0. The van der Waals surface area contributed by atoms with Crippen LogP contribution in [0.5, 0.6) is 0 Å². The summed E-state index contributed by atoms with van der Waals surface area (Å²) in [7, 11) is 0. The van der Waals surface area contributed by atoms with Crippen LogP contribution in [-0.2, 0) is 18.9 Å². The molecule has 8 heteroatoms. The van der Waals surface area contributed by atoms with E-state index in [1.54, 1.807) is 0 Å². The van der Waals surface area contributed by atoms with Gasteiger partial charge in [-0.1, -0.05) is 154 Å². The highest BCUT2D eigenvalue weighted by atomic mass is 32.1. The van der Waals surface area contributed by atoms with Gasteiger partial charge in [0.2, 0.25) is 0 Å².